The Morgan fingerprint density at radius 3 is 2.71 bits per heavy atom. The maximum Gasteiger partial charge on any atom is 0.265 e. The summed E-state index contributed by atoms with van der Waals surface area (Å²) in [5, 5.41) is 2.83. The van der Waals surface area contributed by atoms with Gasteiger partial charge in [0, 0.05) is 25.2 Å². The lowest BCUT2D eigenvalue weighted by molar-refractivity contribution is -0.125. The Kier molecular flexibility index (Phi) is 6.06. The lowest BCUT2D eigenvalue weighted by atomic mass is 10.1. The van der Waals surface area contributed by atoms with E-state index in [1.54, 1.807) is 30.2 Å². The van der Waals surface area contributed by atoms with Crippen LogP contribution in [0.5, 0.6) is 11.5 Å². The number of amides is 3. The van der Waals surface area contributed by atoms with Crippen LogP contribution in [0.1, 0.15) is 28.8 Å². The van der Waals surface area contributed by atoms with E-state index in [4.69, 9.17) is 9.47 Å². The molecule has 2 heterocycles. The Balaban J connectivity index is 1.46. The Hall–Kier alpha value is -3.55. The summed E-state index contributed by atoms with van der Waals surface area (Å²) in [6.45, 7) is 1.49. The molecule has 2 aromatic carbocycles. The minimum absolute atomic E-state index is 0.0688. The Morgan fingerprint density at radius 1 is 1.13 bits per heavy atom. The largest absolute Gasteiger partial charge is 0.497 e. The molecule has 162 valence electrons. The Labute approximate surface area is 180 Å². The molecule has 8 nitrogen and oxygen atoms in total. The highest BCUT2D eigenvalue weighted by Crippen LogP contribution is 2.33. The first-order chi connectivity index (χ1) is 15.0. The number of carbonyl (C=O) groups excluding carboxylic acids is 3. The van der Waals surface area contributed by atoms with E-state index in [0.29, 0.717) is 29.3 Å². The molecule has 0 aromatic heterocycles. The summed E-state index contributed by atoms with van der Waals surface area (Å²) >= 11 is 0. The predicted octanol–water partition coefficient (Wildman–Crippen LogP) is 1.97. The molecule has 1 fully saturated rings. The van der Waals surface area contributed by atoms with Gasteiger partial charge in [0.1, 0.15) is 18.0 Å². The molecule has 8 heteroatoms. The van der Waals surface area contributed by atoms with Gasteiger partial charge in [-0.1, -0.05) is 12.1 Å². The van der Waals surface area contributed by atoms with Gasteiger partial charge in [-0.3, -0.25) is 19.3 Å². The lowest BCUT2D eigenvalue weighted by Gasteiger charge is -2.29. The molecule has 0 atom stereocenters. The third kappa shape index (κ3) is 4.63. The summed E-state index contributed by atoms with van der Waals surface area (Å²) < 4.78 is 10.7. The van der Waals surface area contributed by atoms with Gasteiger partial charge in [-0.05, 0) is 48.7 Å². The van der Waals surface area contributed by atoms with Gasteiger partial charge in [0.05, 0.1) is 12.8 Å². The highest BCUT2D eigenvalue weighted by Gasteiger charge is 2.29. The second kappa shape index (κ2) is 9.07. The molecule has 2 aliphatic rings. The number of benzene rings is 2. The van der Waals surface area contributed by atoms with Gasteiger partial charge in [-0.25, -0.2) is 0 Å². The fraction of sp³-hybridized carbons (Fsp3) is 0.348. The fourth-order valence-electron chi connectivity index (χ4n) is 3.79. The fourth-order valence-corrected chi connectivity index (χ4v) is 3.79. The molecule has 1 saturated heterocycles. The van der Waals surface area contributed by atoms with Crippen LogP contribution in [0.25, 0.3) is 0 Å². The number of nitrogens with one attached hydrogen (secondary N) is 1. The molecule has 0 unspecified atom stereocenters. The maximum atomic E-state index is 12.7. The normalized spacial score (nSPS) is 15.3. The summed E-state index contributed by atoms with van der Waals surface area (Å²) in [5.41, 5.74) is 1.82. The van der Waals surface area contributed by atoms with E-state index in [9.17, 15) is 14.4 Å². The second-order valence-corrected chi connectivity index (χ2v) is 7.58. The summed E-state index contributed by atoms with van der Waals surface area (Å²) in [4.78, 5) is 41.0. The molecule has 0 bridgehead atoms. The van der Waals surface area contributed by atoms with Crippen LogP contribution in [-0.2, 0) is 16.1 Å². The lowest BCUT2D eigenvalue weighted by Crippen LogP contribution is -2.45. The van der Waals surface area contributed by atoms with Crippen molar-refractivity contribution in [1.29, 1.82) is 0 Å². The van der Waals surface area contributed by atoms with E-state index in [2.05, 4.69) is 5.32 Å². The van der Waals surface area contributed by atoms with Crippen LogP contribution < -0.4 is 19.7 Å². The van der Waals surface area contributed by atoms with Crippen LogP contribution in [0, 0.1) is 0 Å². The van der Waals surface area contributed by atoms with Crippen LogP contribution in [0.2, 0.25) is 0 Å². The number of carbonyl (C=O) groups is 3. The molecular formula is C23H25N3O5. The highest BCUT2D eigenvalue weighted by atomic mass is 16.5. The number of fused-ring (bicyclic) bond motifs is 1. The first-order valence-electron chi connectivity index (χ1n) is 10.3. The number of methoxy groups -OCH3 is 1. The maximum absolute atomic E-state index is 12.7. The molecule has 0 spiro atoms. The average Bonchev–Trinajstić information content (AvgIpc) is 3.34. The average molecular weight is 423 g/mol. The van der Waals surface area contributed by atoms with Crippen molar-refractivity contribution in [2.24, 2.45) is 0 Å². The van der Waals surface area contributed by atoms with Gasteiger partial charge in [0.25, 0.3) is 11.8 Å². The second-order valence-electron chi connectivity index (χ2n) is 7.58. The third-order valence-corrected chi connectivity index (χ3v) is 5.47. The molecular weight excluding hydrogens is 398 g/mol. The third-order valence-electron chi connectivity index (χ3n) is 5.47. The Bertz CT molecular complexity index is 1000. The number of likely N-dealkylation sites (tertiary alicyclic amines) is 1. The number of hydrogen-bond acceptors (Lipinski definition) is 5. The molecule has 1 N–H and O–H groups in total. The highest BCUT2D eigenvalue weighted by molar-refractivity contribution is 6.04. The predicted molar refractivity (Wildman–Crippen MR) is 114 cm³/mol. The van der Waals surface area contributed by atoms with Crippen molar-refractivity contribution < 1.29 is 23.9 Å². The standard InChI is InChI=1S/C23H25N3O5/c1-30-18-6-4-5-16(11-18)13-24-21(27)14-26-19-12-17(23(29)25-9-2-3-10-25)7-8-20(19)31-15-22(26)28/h4-8,11-12H,2-3,9-10,13-15H2,1H3,(H,24,27). The molecule has 3 amide bonds. The molecule has 2 aliphatic heterocycles. The monoisotopic (exact) mass is 423 g/mol. The molecule has 0 radical (unpaired) electrons. The molecule has 0 saturated carbocycles. The summed E-state index contributed by atoms with van der Waals surface area (Å²) in [5.74, 6) is 0.494. The number of ether oxygens (including phenoxy) is 2. The van der Waals surface area contributed by atoms with Crippen molar-refractivity contribution >= 4 is 23.4 Å². The summed E-state index contributed by atoms with van der Waals surface area (Å²) in [6, 6.07) is 12.4. The van der Waals surface area contributed by atoms with Crippen molar-refractivity contribution in [2.75, 3.05) is 38.3 Å². The summed E-state index contributed by atoms with van der Waals surface area (Å²) in [7, 11) is 1.59. The van der Waals surface area contributed by atoms with E-state index in [1.165, 1.54) is 4.90 Å². The number of nitrogens with zero attached hydrogens (tertiary/aromatic N) is 2. The molecule has 0 aliphatic carbocycles. The zero-order valence-electron chi connectivity index (χ0n) is 17.4. The number of hydrogen-bond donors (Lipinski definition) is 1. The van der Waals surface area contributed by atoms with Gasteiger partial charge in [0.15, 0.2) is 6.61 Å². The van der Waals surface area contributed by atoms with Crippen molar-refractivity contribution in [3.63, 3.8) is 0 Å². The van der Waals surface area contributed by atoms with Gasteiger partial charge in [-0.2, -0.15) is 0 Å². The van der Waals surface area contributed by atoms with Crippen LogP contribution in [-0.4, -0.2) is 56.0 Å². The minimum atomic E-state index is -0.324. The van der Waals surface area contributed by atoms with E-state index in [-0.39, 0.29) is 30.9 Å². The van der Waals surface area contributed by atoms with E-state index in [0.717, 1.165) is 31.5 Å². The Morgan fingerprint density at radius 2 is 1.94 bits per heavy atom. The minimum Gasteiger partial charge on any atom is -0.497 e. The van der Waals surface area contributed by atoms with Gasteiger partial charge < -0.3 is 19.7 Å². The van der Waals surface area contributed by atoms with Crippen molar-refractivity contribution in [3.05, 3.63) is 53.6 Å². The smallest absolute Gasteiger partial charge is 0.265 e. The molecule has 4 rings (SSSR count). The molecule has 2 aromatic rings. The van der Waals surface area contributed by atoms with Crippen LogP contribution in [0.4, 0.5) is 5.69 Å². The van der Waals surface area contributed by atoms with E-state index < -0.39 is 0 Å². The first kappa shape index (κ1) is 20.7. The number of anilines is 1. The van der Waals surface area contributed by atoms with E-state index >= 15 is 0 Å². The van der Waals surface area contributed by atoms with Crippen LogP contribution >= 0.6 is 0 Å². The zero-order valence-corrected chi connectivity index (χ0v) is 17.4. The van der Waals surface area contributed by atoms with Crippen molar-refractivity contribution in [2.45, 2.75) is 19.4 Å². The van der Waals surface area contributed by atoms with Crippen molar-refractivity contribution in [1.82, 2.24) is 10.2 Å². The van der Waals surface area contributed by atoms with Gasteiger partial charge in [-0.15, -0.1) is 0 Å². The quantitative estimate of drug-likeness (QED) is 0.768. The SMILES string of the molecule is COc1cccc(CNC(=O)CN2C(=O)COc3ccc(C(=O)N4CCCC4)cc32)c1. The van der Waals surface area contributed by atoms with Gasteiger partial charge in [0.2, 0.25) is 5.91 Å². The van der Waals surface area contributed by atoms with Crippen LogP contribution in [0.15, 0.2) is 42.5 Å². The zero-order chi connectivity index (χ0) is 21.8. The van der Waals surface area contributed by atoms with Crippen molar-refractivity contribution in [3.8, 4) is 11.5 Å². The van der Waals surface area contributed by atoms with Crippen LogP contribution in [0.3, 0.4) is 0 Å². The molecule has 31 heavy (non-hydrogen) atoms. The van der Waals surface area contributed by atoms with Gasteiger partial charge >= 0.3 is 0 Å². The first-order valence-corrected chi connectivity index (χ1v) is 10.3. The van der Waals surface area contributed by atoms with E-state index in [1.807, 2.05) is 24.3 Å². The number of rotatable bonds is 6. The summed E-state index contributed by atoms with van der Waals surface area (Å²) in [6.07, 6.45) is 2.00. The topological polar surface area (TPSA) is 88.2 Å².